The minimum Gasteiger partial charge on any atom is -0.466 e. The largest absolute Gasteiger partial charge is 0.466 e. The monoisotopic (exact) mass is 336 g/mol. The molecule has 1 saturated carbocycles. The molecule has 0 N–H and O–H groups in total. The third kappa shape index (κ3) is 14.8. The van der Waals surface area contributed by atoms with Gasteiger partial charge in [0.05, 0.1) is 6.61 Å². The van der Waals surface area contributed by atoms with Crippen LogP contribution in [0.5, 0.6) is 0 Å². The fraction of sp³-hybridized carbons (Fsp3) is 0.864. The Morgan fingerprint density at radius 1 is 0.875 bits per heavy atom. The van der Waals surface area contributed by atoms with Gasteiger partial charge >= 0.3 is 5.97 Å². The minimum absolute atomic E-state index is 0.0340. The van der Waals surface area contributed by atoms with Gasteiger partial charge in [0.1, 0.15) is 0 Å². The second kappa shape index (κ2) is 15.7. The van der Waals surface area contributed by atoms with Crippen LogP contribution in [0.15, 0.2) is 12.2 Å². The number of esters is 1. The van der Waals surface area contributed by atoms with Crippen LogP contribution in [0.4, 0.5) is 0 Å². The Kier molecular flexibility index (Phi) is 13.9. The van der Waals surface area contributed by atoms with E-state index < -0.39 is 0 Å². The van der Waals surface area contributed by atoms with Crippen molar-refractivity contribution in [3.05, 3.63) is 12.2 Å². The number of hydrogen-bond donors (Lipinski definition) is 0. The van der Waals surface area contributed by atoms with Crippen LogP contribution in [-0.4, -0.2) is 12.6 Å². The van der Waals surface area contributed by atoms with Crippen LogP contribution in [0, 0.1) is 5.92 Å². The molecule has 0 bridgehead atoms. The molecular formula is C22H40O2. The molecule has 24 heavy (non-hydrogen) atoms. The van der Waals surface area contributed by atoms with Gasteiger partial charge < -0.3 is 4.74 Å². The molecule has 0 spiro atoms. The van der Waals surface area contributed by atoms with Crippen molar-refractivity contribution in [1.29, 1.82) is 0 Å². The summed E-state index contributed by atoms with van der Waals surface area (Å²) in [5.74, 6) is 1.06. The maximum atomic E-state index is 11.6. The molecule has 0 aromatic carbocycles. The van der Waals surface area contributed by atoms with E-state index in [0.717, 1.165) is 25.2 Å². The predicted octanol–water partition coefficient (Wildman–Crippen LogP) is 6.98. The molecule has 0 heterocycles. The average molecular weight is 337 g/mol. The highest BCUT2D eigenvalue weighted by Crippen LogP contribution is 2.34. The van der Waals surface area contributed by atoms with E-state index in [1.807, 2.05) is 0 Å². The summed E-state index contributed by atoms with van der Waals surface area (Å²) in [7, 11) is 0. The predicted molar refractivity (Wildman–Crippen MR) is 103 cm³/mol. The maximum absolute atomic E-state index is 11.6. The van der Waals surface area contributed by atoms with E-state index in [9.17, 15) is 4.79 Å². The zero-order chi connectivity index (χ0) is 17.3. The van der Waals surface area contributed by atoms with Crippen LogP contribution < -0.4 is 0 Å². The first-order valence-electron chi connectivity index (χ1n) is 10.6. The van der Waals surface area contributed by atoms with Crippen LogP contribution in [0.1, 0.15) is 110 Å². The van der Waals surface area contributed by atoms with Gasteiger partial charge in [-0.25, -0.2) is 0 Å². The second-order valence-corrected chi connectivity index (χ2v) is 7.43. The number of hydrogen-bond acceptors (Lipinski definition) is 2. The number of carbonyl (C=O) groups is 1. The first kappa shape index (κ1) is 21.3. The summed E-state index contributed by atoms with van der Waals surface area (Å²) in [5.41, 5.74) is 0. The van der Waals surface area contributed by atoms with Gasteiger partial charge in [-0.1, -0.05) is 89.7 Å². The Bertz CT molecular complexity index is 318. The normalized spacial score (nSPS) is 14.4. The molecule has 1 aliphatic rings. The van der Waals surface area contributed by atoms with Gasteiger partial charge in [0.2, 0.25) is 0 Å². The minimum atomic E-state index is -0.0340. The van der Waals surface area contributed by atoms with Gasteiger partial charge in [0, 0.05) is 6.42 Å². The molecule has 1 aliphatic carbocycles. The third-order valence-electron chi connectivity index (χ3n) is 4.87. The molecule has 0 aromatic rings. The lowest BCUT2D eigenvalue weighted by atomic mass is 10.1. The summed E-state index contributed by atoms with van der Waals surface area (Å²) >= 11 is 0. The SMILES string of the molecule is CCCCC/C=C\CCC(=O)OCCCCCCCCCC1CC1. The highest BCUT2D eigenvalue weighted by atomic mass is 16.5. The lowest BCUT2D eigenvalue weighted by Crippen LogP contribution is -2.05. The van der Waals surface area contributed by atoms with E-state index in [1.165, 1.54) is 77.0 Å². The molecule has 0 aromatic heterocycles. The summed E-state index contributed by atoms with van der Waals surface area (Å²) in [4.78, 5) is 11.6. The van der Waals surface area contributed by atoms with Gasteiger partial charge in [-0.05, 0) is 31.6 Å². The fourth-order valence-corrected chi connectivity index (χ4v) is 3.03. The molecule has 2 heteroatoms. The summed E-state index contributed by atoms with van der Waals surface area (Å²) in [6.45, 7) is 2.83. The fourth-order valence-electron chi connectivity index (χ4n) is 3.03. The maximum Gasteiger partial charge on any atom is 0.306 e. The first-order valence-corrected chi connectivity index (χ1v) is 10.6. The summed E-state index contributed by atoms with van der Waals surface area (Å²) < 4.78 is 5.29. The number of carbonyl (C=O) groups excluding carboxylic acids is 1. The van der Waals surface area contributed by atoms with Crippen LogP contribution in [0.3, 0.4) is 0 Å². The molecule has 140 valence electrons. The first-order chi connectivity index (χ1) is 11.8. The van der Waals surface area contributed by atoms with Crippen LogP contribution >= 0.6 is 0 Å². The van der Waals surface area contributed by atoms with Crippen molar-refractivity contribution in [2.24, 2.45) is 5.92 Å². The lowest BCUT2D eigenvalue weighted by Gasteiger charge is -2.04. The molecule has 1 fully saturated rings. The van der Waals surface area contributed by atoms with E-state index in [-0.39, 0.29) is 5.97 Å². The van der Waals surface area contributed by atoms with Crippen LogP contribution in [-0.2, 0) is 9.53 Å². The number of rotatable bonds is 17. The van der Waals surface area contributed by atoms with Crippen molar-refractivity contribution in [3.8, 4) is 0 Å². The van der Waals surface area contributed by atoms with Gasteiger partial charge in [-0.15, -0.1) is 0 Å². The van der Waals surface area contributed by atoms with Gasteiger partial charge in [-0.2, -0.15) is 0 Å². The number of ether oxygens (including phenoxy) is 1. The van der Waals surface area contributed by atoms with Crippen LogP contribution in [0.2, 0.25) is 0 Å². The van der Waals surface area contributed by atoms with E-state index >= 15 is 0 Å². The standard InChI is InChI=1S/C22H40O2/c1-2-3-4-5-7-11-14-17-22(23)24-20-15-12-9-6-8-10-13-16-21-18-19-21/h7,11,21H,2-6,8-10,12-20H2,1H3/b11-7-. The molecule has 0 unspecified atom stereocenters. The van der Waals surface area contributed by atoms with E-state index in [0.29, 0.717) is 13.0 Å². The van der Waals surface area contributed by atoms with Gasteiger partial charge in [0.25, 0.3) is 0 Å². The zero-order valence-corrected chi connectivity index (χ0v) is 16.1. The molecule has 0 saturated heterocycles. The van der Waals surface area contributed by atoms with Crippen molar-refractivity contribution in [1.82, 2.24) is 0 Å². The second-order valence-electron chi connectivity index (χ2n) is 7.43. The van der Waals surface area contributed by atoms with E-state index in [2.05, 4.69) is 19.1 Å². The summed E-state index contributed by atoms with van der Waals surface area (Å²) in [6.07, 6.45) is 24.2. The Hall–Kier alpha value is -0.790. The van der Waals surface area contributed by atoms with Crippen molar-refractivity contribution < 1.29 is 9.53 Å². The van der Waals surface area contributed by atoms with Gasteiger partial charge in [0.15, 0.2) is 0 Å². The quantitative estimate of drug-likeness (QED) is 0.163. The molecule has 0 radical (unpaired) electrons. The molecule has 0 aliphatic heterocycles. The van der Waals surface area contributed by atoms with Crippen molar-refractivity contribution in [2.45, 2.75) is 110 Å². The zero-order valence-electron chi connectivity index (χ0n) is 16.1. The Labute approximate surface area is 150 Å². The molecule has 1 rings (SSSR count). The molecule has 0 atom stereocenters. The topological polar surface area (TPSA) is 26.3 Å². The average Bonchev–Trinajstić information content (AvgIpc) is 3.40. The van der Waals surface area contributed by atoms with Crippen LogP contribution in [0.25, 0.3) is 0 Å². The molecule has 0 amide bonds. The Morgan fingerprint density at radius 3 is 2.25 bits per heavy atom. The Morgan fingerprint density at radius 2 is 1.54 bits per heavy atom. The lowest BCUT2D eigenvalue weighted by molar-refractivity contribution is -0.143. The van der Waals surface area contributed by atoms with Gasteiger partial charge in [-0.3, -0.25) is 4.79 Å². The number of unbranched alkanes of at least 4 members (excludes halogenated alkanes) is 9. The van der Waals surface area contributed by atoms with E-state index in [1.54, 1.807) is 0 Å². The smallest absolute Gasteiger partial charge is 0.306 e. The van der Waals surface area contributed by atoms with Crippen molar-refractivity contribution in [2.75, 3.05) is 6.61 Å². The Balaban J connectivity index is 1.73. The van der Waals surface area contributed by atoms with E-state index in [4.69, 9.17) is 4.74 Å². The third-order valence-corrected chi connectivity index (χ3v) is 4.87. The van der Waals surface area contributed by atoms with Crippen molar-refractivity contribution >= 4 is 5.97 Å². The molecule has 2 nitrogen and oxygen atoms in total. The highest BCUT2D eigenvalue weighted by molar-refractivity contribution is 5.69. The summed E-state index contributed by atoms with van der Waals surface area (Å²) in [6, 6.07) is 0. The highest BCUT2D eigenvalue weighted by Gasteiger charge is 2.19. The summed E-state index contributed by atoms with van der Waals surface area (Å²) in [5, 5.41) is 0. The van der Waals surface area contributed by atoms with Crippen molar-refractivity contribution in [3.63, 3.8) is 0 Å². The molecular weight excluding hydrogens is 296 g/mol. The number of allylic oxidation sites excluding steroid dienone is 2.